The molecule has 4 heteroatoms. The summed E-state index contributed by atoms with van der Waals surface area (Å²) in [7, 11) is 0. The third-order valence-electron chi connectivity index (χ3n) is 4.94. The van der Waals surface area contributed by atoms with Gasteiger partial charge in [-0.05, 0) is 68.0 Å². The molecule has 1 aromatic carbocycles. The molecule has 0 spiro atoms. The average Bonchev–Trinajstić information content (AvgIpc) is 2.89. The number of hydrogen-bond donors (Lipinski definition) is 2. The van der Waals surface area contributed by atoms with Crippen molar-refractivity contribution in [1.29, 1.82) is 0 Å². The lowest BCUT2D eigenvalue weighted by Gasteiger charge is -2.19. The topological polar surface area (TPSA) is 58.2 Å². The molecule has 0 bridgehead atoms. The molecule has 1 heterocycles. The van der Waals surface area contributed by atoms with Gasteiger partial charge in [0.2, 0.25) is 11.8 Å². The molecule has 21 heavy (non-hydrogen) atoms. The van der Waals surface area contributed by atoms with Gasteiger partial charge in [-0.25, -0.2) is 0 Å². The molecular weight excluding hydrogens is 264 g/mol. The summed E-state index contributed by atoms with van der Waals surface area (Å²) in [6, 6.07) is 0. The standard InChI is InChI=1S/C17H24N2O2/c1-9-10(2)12(4)15(13(5)11(9)3)8-19-17(21)14-6-16(20)18-7-14/h14H,6-8H2,1-5H3,(H,18,20)(H,19,21)/t14-/m0/s1. The van der Waals surface area contributed by atoms with Crippen LogP contribution in [0.1, 0.15) is 39.8 Å². The van der Waals surface area contributed by atoms with E-state index in [-0.39, 0.29) is 17.7 Å². The minimum atomic E-state index is -0.231. The SMILES string of the molecule is Cc1c(C)c(C)c(CNC(=O)[C@@H]2CNC(=O)C2)c(C)c1C. The molecule has 1 fully saturated rings. The number of rotatable bonds is 3. The van der Waals surface area contributed by atoms with Crippen LogP contribution in [0.15, 0.2) is 0 Å². The van der Waals surface area contributed by atoms with Gasteiger partial charge in [0.05, 0.1) is 5.92 Å². The Balaban J connectivity index is 2.14. The Bertz CT molecular complexity index is 576. The fourth-order valence-corrected chi connectivity index (χ4v) is 2.95. The summed E-state index contributed by atoms with van der Waals surface area (Å²) in [5.74, 6) is -0.307. The van der Waals surface area contributed by atoms with Crippen molar-refractivity contribution < 1.29 is 9.59 Å². The van der Waals surface area contributed by atoms with Gasteiger partial charge in [-0.2, -0.15) is 0 Å². The first-order valence-corrected chi connectivity index (χ1v) is 7.43. The Kier molecular flexibility index (Phi) is 4.35. The van der Waals surface area contributed by atoms with E-state index in [2.05, 4.69) is 45.3 Å². The third-order valence-corrected chi connectivity index (χ3v) is 4.94. The summed E-state index contributed by atoms with van der Waals surface area (Å²) in [6.07, 6.45) is 0.301. The van der Waals surface area contributed by atoms with Gasteiger partial charge in [-0.1, -0.05) is 0 Å². The maximum Gasteiger partial charge on any atom is 0.225 e. The second-order valence-electron chi connectivity index (χ2n) is 6.03. The molecule has 0 saturated carbocycles. The molecule has 0 unspecified atom stereocenters. The van der Waals surface area contributed by atoms with Gasteiger partial charge in [0.15, 0.2) is 0 Å². The van der Waals surface area contributed by atoms with E-state index in [4.69, 9.17) is 0 Å². The fourth-order valence-electron chi connectivity index (χ4n) is 2.95. The van der Waals surface area contributed by atoms with Crippen LogP contribution in [-0.4, -0.2) is 18.4 Å². The third kappa shape index (κ3) is 2.94. The zero-order valence-corrected chi connectivity index (χ0v) is 13.5. The molecule has 1 atom stereocenters. The number of nitrogens with one attached hydrogen (secondary N) is 2. The van der Waals surface area contributed by atoms with Gasteiger partial charge in [0.25, 0.3) is 0 Å². The molecule has 1 aromatic rings. The lowest BCUT2D eigenvalue weighted by Crippen LogP contribution is -2.32. The number of carbonyl (C=O) groups excluding carboxylic acids is 2. The second kappa shape index (κ2) is 5.88. The highest BCUT2D eigenvalue weighted by atomic mass is 16.2. The van der Waals surface area contributed by atoms with Crippen LogP contribution in [-0.2, 0) is 16.1 Å². The smallest absolute Gasteiger partial charge is 0.225 e. The van der Waals surface area contributed by atoms with Crippen molar-refractivity contribution in [3.63, 3.8) is 0 Å². The maximum atomic E-state index is 12.1. The first-order chi connectivity index (χ1) is 9.82. The number of hydrogen-bond acceptors (Lipinski definition) is 2. The highest BCUT2D eigenvalue weighted by Gasteiger charge is 2.27. The Morgan fingerprint density at radius 1 is 1.05 bits per heavy atom. The van der Waals surface area contributed by atoms with Crippen LogP contribution < -0.4 is 10.6 Å². The Labute approximate surface area is 126 Å². The largest absolute Gasteiger partial charge is 0.355 e. The quantitative estimate of drug-likeness (QED) is 0.893. The maximum absolute atomic E-state index is 12.1. The van der Waals surface area contributed by atoms with E-state index in [1.165, 1.54) is 33.4 Å². The molecule has 0 aliphatic carbocycles. The molecule has 0 radical (unpaired) electrons. The van der Waals surface area contributed by atoms with Crippen molar-refractivity contribution in [3.8, 4) is 0 Å². The molecule has 2 N–H and O–H groups in total. The zero-order chi connectivity index (χ0) is 15.7. The monoisotopic (exact) mass is 288 g/mol. The average molecular weight is 288 g/mol. The van der Waals surface area contributed by atoms with E-state index in [1.54, 1.807) is 0 Å². The second-order valence-corrected chi connectivity index (χ2v) is 6.03. The summed E-state index contributed by atoms with van der Waals surface area (Å²) in [4.78, 5) is 23.3. The molecule has 4 nitrogen and oxygen atoms in total. The van der Waals surface area contributed by atoms with E-state index in [9.17, 15) is 9.59 Å². The fraction of sp³-hybridized carbons (Fsp3) is 0.529. The first kappa shape index (κ1) is 15.5. The van der Waals surface area contributed by atoms with Crippen LogP contribution in [0, 0.1) is 40.5 Å². The van der Waals surface area contributed by atoms with E-state index in [1.807, 2.05) is 0 Å². The van der Waals surface area contributed by atoms with E-state index >= 15 is 0 Å². The van der Waals surface area contributed by atoms with E-state index < -0.39 is 0 Å². The predicted molar refractivity (Wildman–Crippen MR) is 83.1 cm³/mol. The summed E-state index contributed by atoms with van der Waals surface area (Å²) >= 11 is 0. The molecule has 1 aliphatic heterocycles. The number of carbonyl (C=O) groups is 2. The van der Waals surface area contributed by atoms with Crippen LogP contribution in [0.5, 0.6) is 0 Å². The minimum Gasteiger partial charge on any atom is -0.355 e. The van der Waals surface area contributed by atoms with Crippen molar-refractivity contribution >= 4 is 11.8 Å². The molecule has 2 amide bonds. The van der Waals surface area contributed by atoms with Gasteiger partial charge in [0.1, 0.15) is 0 Å². The van der Waals surface area contributed by atoms with Gasteiger partial charge >= 0.3 is 0 Å². The van der Waals surface area contributed by atoms with Gasteiger partial charge in [-0.3, -0.25) is 9.59 Å². The lowest BCUT2D eigenvalue weighted by atomic mass is 9.89. The van der Waals surface area contributed by atoms with Crippen molar-refractivity contribution in [2.75, 3.05) is 6.54 Å². The van der Waals surface area contributed by atoms with Crippen molar-refractivity contribution in [3.05, 3.63) is 33.4 Å². The van der Waals surface area contributed by atoms with Gasteiger partial charge in [-0.15, -0.1) is 0 Å². The van der Waals surface area contributed by atoms with Crippen LogP contribution >= 0.6 is 0 Å². The molecule has 114 valence electrons. The summed E-state index contributed by atoms with van der Waals surface area (Å²) in [5.41, 5.74) is 7.60. The van der Waals surface area contributed by atoms with E-state index in [0.29, 0.717) is 19.5 Å². The highest BCUT2D eigenvalue weighted by molar-refractivity contribution is 5.89. The van der Waals surface area contributed by atoms with Gasteiger partial charge < -0.3 is 10.6 Å². The van der Waals surface area contributed by atoms with Crippen molar-refractivity contribution in [2.45, 2.75) is 47.6 Å². The Morgan fingerprint density at radius 2 is 1.57 bits per heavy atom. The van der Waals surface area contributed by atoms with E-state index in [0.717, 1.165) is 0 Å². The Morgan fingerprint density at radius 3 is 2.05 bits per heavy atom. The van der Waals surface area contributed by atoms with Crippen molar-refractivity contribution in [2.24, 2.45) is 5.92 Å². The number of benzene rings is 1. The molecule has 0 aromatic heterocycles. The Hall–Kier alpha value is -1.84. The van der Waals surface area contributed by atoms with Crippen LogP contribution in [0.4, 0.5) is 0 Å². The van der Waals surface area contributed by atoms with Crippen LogP contribution in [0.3, 0.4) is 0 Å². The molecule has 2 rings (SSSR count). The summed E-state index contributed by atoms with van der Waals surface area (Å²) in [6.45, 7) is 11.6. The first-order valence-electron chi connectivity index (χ1n) is 7.43. The van der Waals surface area contributed by atoms with Crippen molar-refractivity contribution in [1.82, 2.24) is 10.6 Å². The number of amides is 2. The molecule has 1 saturated heterocycles. The minimum absolute atomic E-state index is 0.0375. The van der Waals surface area contributed by atoms with Crippen LogP contribution in [0.2, 0.25) is 0 Å². The highest BCUT2D eigenvalue weighted by Crippen LogP contribution is 2.26. The predicted octanol–water partition coefficient (Wildman–Crippen LogP) is 1.98. The lowest BCUT2D eigenvalue weighted by molar-refractivity contribution is -0.126. The summed E-state index contributed by atoms with van der Waals surface area (Å²) < 4.78 is 0. The summed E-state index contributed by atoms with van der Waals surface area (Å²) in [5, 5.41) is 5.68. The molecule has 1 aliphatic rings. The van der Waals surface area contributed by atoms with Crippen LogP contribution in [0.25, 0.3) is 0 Å². The normalized spacial score (nSPS) is 17.8. The van der Waals surface area contributed by atoms with Gasteiger partial charge in [0, 0.05) is 19.5 Å². The zero-order valence-electron chi connectivity index (χ0n) is 13.5. The molecular formula is C17H24N2O2.